The van der Waals surface area contributed by atoms with Gasteiger partial charge in [0.2, 0.25) is 0 Å². The molecular weight excluding hydrogens is 231 g/mol. The van der Waals surface area contributed by atoms with Gasteiger partial charge in [-0.3, -0.25) is 0 Å². The zero-order chi connectivity index (χ0) is 13.2. The molecule has 98 valence electrons. The van der Waals surface area contributed by atoms with E-state index in [1.807, 2.05) is 6.07 Å². The first-order chi connectivity index (χ1) is 8.76. The van der Waals surface area contributed by atoms with E-state index >= 15 is 0 Å². The highest BCUT2D eigenvalue weighted by Crippen LogP contribution is 2.08. The molecule has 0 heterocycles. The maximum atomic E-state index is 13.1. The Balaban J connectivity index is 2.23. The van der Waals surface area contributed by atoms with Crippen molar-refractivity contribution in [3.05, 3.63) is 35.1 Å². The topological polar surface area (TPSA) is 45.0 Å². The molecule has 0 aliphatic heterocycles. The number of hydrogen-bond acceptors (Lipinski definition) is 3. The van der Waals surface area contributed by atoms with E-state index in [1.165, 1.54) is 12.1 Å². The van der Waals surface area contributed by atoms with E-state index in [9.17, 15) is 4.39 Å². The second kappa shape index (κ2) is 8.62. The number of nitrogens with one attached hydrogen (secondary N) is 1. The molecular formula is C14H19FN2O. The second-order valence-electron chi connectivity index (χ2n) is 4.10. The molecule has 1 N–H and O–H groups in total. The second-order valence-corrected chi connectivity index (χ2v) is 4.10. The van der Waals surface area contributed by atoms with Crippen LogP contribution >= 0.6 is 0 Å². The SMILES string of the molecule is CCCCOCCNCc1cc(F)cc(C#N)c1. The predicted octanol–water partition coefficient (Wildman–Crippen LogP) is 2.60. The standard InChI is InChI=1S/C14H19FN2O/c1-2-3-5-18-6-4-17-11-13-7-12(10-16)8-14(15)9-13/h7-9,17H,2-6,11H2,1H3. The maximum Gasteiger partial charge on any atom is 0.124 e. The summed E-state index contributed by atoms with van der Waals surface area (Å²) in [7, 11) is 0. The van der Waals surface area contributed by atoms with Gasteiger partial charge in [-0.25, -0.2) is 4.39 Å². The van der Waals surface area contributed by atoms with E-state index in [4.69, 9.17) is 10.00 Å². The Morgan fingerprint density at radius 2 is 2.17 bits per heavy atom. The van der Waals surface area contributed by atoms with Crippen LogP contribution in [-0.4, -0.2) is 19.8 Å². The molecule has 0 aliphatic rings. The van der Waals surface area contributed by atoms with Crippen LogP contribution in [0.4, 0.5) is 4.39 Å². The van der Waals surface area contributed by atoms with Crippen molar-refractivity contribution in [1.82, 2.24) is 5.32 Å². The molecule has 0 amide bonds. The molecule has 3 nitrogen and oxygen atoms in total. The molecule has 1 aromatic rings. The molecule has 4 heteroatoms. The molecule has 0 unspecified atom stereocenters. The molecule has 0 bridgehead atoms. The fraction of sp³-hybridized carbons (Fsp3) is 0.500. The van der Waals surface area contributed by atoms with Crippen molar-refractivity contribution in [3.63, 3.8) is 0 Å². The van der Waals surface area contributed by atoms with Gasteiger partial charge in [-0.15, -0.1) is 0 Å². The van der Waals surface area contributed by atoms with E-state index in [0.29, 0.717) is 18.7 Å². The van der Waals surface area contributed by atoms with Crippen molar-refractivity contribution in [2.24, 2.45) is 0 Å². The third-order valence-corrected chi connectivity index (χ3v) is 2.48. The van der Waals surface area contributed by atoms with Gasteiger partial charge in [0.25, 0.3) is 0 Å². The highest BCUT2D eigenvalue weighted by Gasteiger charge is 2.00. The van der Waals surface area contributed by atoms with Gasteiger partial charge in [0, 0.05) is 19.7 Å². The summed E-state index contributed by atoms with van der Waals surface area (Å²) >= 11 is 0. The minimum Gasteiger partial charge on any atom is -0.380 e. The monoisotopic (exact) mass is 250 g/mol. The lowest BCUT2D eigenvalue weighted by Gasteiger charge is -2.06. The highest BCUT2D eigenvalue weighted by atomic mass is 19.1. The molecule has 18 heavy (non-hydrogen) atoms. The number of halogens is 1. The minimum atomic E-state index is -0.370. The van der Waals surface area contributed by atoms with Gasteiger partial charge in [-0.05, 0) is 30.2 Å². The molecule has 1 rings (SSSR count). The summed E-state index contributed by atoms with van der Waals surface area (Å²) in [5, 5.41) is 11.9. The molecule has 0 aromatic heterocycles. The molecule has 1 aromatic carbocycles. The molecule has 0 radical (unpaired) electrons. The third-order valence-electron chi connectivity index (χ3n) is 2.48. The summed E-state index contributed by atoms with van der Waals surface area (Å²) in [5.74, 6) is -0.370. The van der Waals surface area contributed by atoms with E-state index in [1.54, 1.807) is 6.07 Å². The summed E-state index contributed by atoms with van der Waals surface area (Å²) in [4.78, 5) is 0. The number of nitrogens with zero attached hydrogens (tertiary/aromatic N) is 1. The van der Waals surface area contributed by atoms with E-state index in [2.05, 4.69) is 12.2 Å². The number of hydrogen-bond donors (Lipinski definition) is 1. The number of rotatable bonds is 8. The van der Waals surface area contributed by atoms with Crippen LogP contribution in [0.5, 0.6) is 0 Å². The summed E-state index contributed by atoms with van der Waals surface area (Å²) in [6.45, 7) is 4.83. The fourth-order valence-corrected chi connectivity index (χ4v) is 1.54. The summed E-state index contributed by atoms with van der Waals surface area (Å²) in [6, 6.07) is 6.30. The van der Waals surface area contributed by atoms with Crippen LogP contribution in [-0.2, 0) is 11.3 Å². The number of benzene rings is 1. The molecule has 0 aliphatic carbocycles. The van der Waals surface area contributed by atoms with Crippen molar-refractivity contribution in [3.8, 4) is 6.07 Å². The van der Waals surface area contributed by atoms with Gasteiger partial charge in [-0.1, -0.05) is 13.3 Å². The molecule has 0 fully saturated rings. The van der Waals surface area contributed by atoms with Crippen molar-refractivity contribution in [2.45, 2.75) is 26.3 Å². The Bertz CT molecular complexity index is 401. The van der Waals surface area contributed by atoms with Crippen molar-refractivity contribution in [2.75, 3.05) is 19.8 Å². The van der Waals surface area contributed by atoms with E-state index < -0.39 is 0 Å². The van der Waals surface area contributed by atoms with Crippen LogP contribution in [0.2, 0.25) is 0 Å². The maximum absolute atomic E-state index is 13.1. The Morgan fingerprint density at radius 3 is 2.89 bits per heavy atom. The normalized spacial score (nSPS) is 10.3. The molecule has 0 saturated carbocycles. The third kappa shape index (κ3) is 5.76. The molecule has 0 atom stereocenters. The molecule has 0 spiro atoms. The van der Waals surface area contributed by atoms with Crippen molar-refractivity contribution in [1.29, 1.82) is 5.26 Å². The summed E-state index contributed by atoms with van der Waals surface area (Å²) in [5.41, 5.74) is 1.13. The first kappa shape index (κ1) is 14.6. The van der Waals surface area contributed by atoms with Gasteiger partial charge in [-0.2, -0.15) is 5.26 Å². The highest BCUT2D eigenvalue weighted by molar-refractivity contribution is 5.33. The van der Waals surface area contributed by atoms with Crippen molar-refractivity contribution < 1.29 is 9.13 Å². The van der Waals surface area contributed by atoms with Gasteiger partial charge >= 0.3 is 0 Å². The zero-order valence-electron chi connectivity index (χ0n) is 10.7. The predicted molar refractivity (Wildman–Crippen MR) is 68.5 cm³/mol. The Labute approximate surface area is 108 Å². The Hall–Kier alpha value is -1.44. The summed E-state index contributed by atoms with van der Waals surface area (Å²) < 4.78 is 18.5. The average molecular weight is 250 g/mol. The van der Waals surface area contributed by atoms with Crippen LogP contribution in [0.3, 0.4) is 0 Å². The minimum absolute atomic E-state index is 0.353. The number of ether oxygens (including phenoxy) is 1. The summed E-state index contributed by atoms with van der Waals surface area (Å²) in [6.07, 6.45) is 2.21. The number of unbranched alkanes of at least 4 members (excludes halogenated alkanes) is 1. The lowest BCUT2D eigenvalue weighted by molar-refractivity contribution is 0.133. The molecule has 0 saturated heterocycles. The van der Waals surface area contributed by atoms with Crippen LogP contribution in [0.15, 0.2) is 18.2 Å². The van der Waals surface area contributed by atoms with Crippen molar-refractivity contribution >= 4 is 0 Å². The van der Waals surface area contributed by atoms with Gasteiger partial charge in [0.1, 0.15) is 5.82 Å². The Morgan fingerprint density at radius 1 is 1.33 bits per heavy atom. The number of nitriles is 1. The van der Waals surface area contributed by atoms with Gasteiger partial charge < -0.3 is 10.1 Å². The first-order valence-corrected chi connectivity index (χ1v) is 6.24. The first-order valence-electron chi connectivity index (χ1n) is 6.24. The van der Waals surface area contributed by atoms with Gasteiger partial charge in [0.05, 0.1) is 18.2 Å². The van der Waals surface area contributed by atoms with Crippen LogP contribution < -0.4 is 5.32 Å². The smallest absolute Gasteiger partial charge is 0.124 e. The Kier molecular flexibility index (Phi) is 7.00. The lowest BCUT2D eigenvalue weighted by Crippen LogP contribution is -2.19. The van der Waals surface area contributed by atoms with Crippen LogP contribution in [0.25, 0.3) is 0 Å². The average Bonchev–Trinajstić information content (AvgIpc) is 2.37. The van der Waals surface area contributed by atoms with E-state index in [-0.39, 0.29) is 5.82 Å². The zero-order valence-corrected chi connectivity index (χ0v) is 10.7. The van der Waals surface area contributed by atoms with E-state index in [0.717, 1.165) is 31.6 Å². The quantitative estimate of drug-likeness (QED) is 0.721. The fourth-order valence-electron chi connectivity index (χ4n) is 1.54. The van der Waals surface area contributed by atoms with Crippen LogP contribution in [0.1, 0.15) is 30.9 Å². The van der Waals surface area contributed by atoms with Crippen LogP contribution in [0, 0.1) is 17.1 Å². The largest absolute Gasteiger partial charge is 0.380 e. The van der Waals surface area contributed by atoms with Gasteiger partial charge in [0.15, 0.2) is 0 Å². The lowest BCUT2D eigenvalue weighted by atomic mass is 10.1.